The third-order valence-electron chi connectivity index (χ3n) is 2.34. The molecule has 0 aromatic heterocycles. The average molecular weight is 273 g/mol. The normalized spacial score (nSPS) is 12.5. The summed E-state index contributed by atoms with van der Waals surface area (Å²) in [5, 5.41) is 0. The van der Waals surface area contributed by atoms with Gasteiger partial charge in [-0.1, -0.05) is 37.8 Å². The molecule has 0 saturated heterocycles. The Kier molecular flexibility index (Phi) is 4.55. The van der Waals surface area contributed by atoms with Crippen molar-refractivity contribution in [3.63, 3.8) is 0 Å². The van der Waals surface area contributed by atoms with Crippen LogP contribution in [0.3, 0.4) is 0 Å². The van der Waals surface area contributed by atoms with Gasteiger partial charge in [-0.3, -0.25) is 9.05 Å². The van der Waals surface area contributed by atoms with E-state index in [1.54, 1.807) is 0 Å². The van der Waals surface area contributed by atoms with Crippen LogP contribution >= 0.6 is 7.75 Å². The van der Waals surface area contributed by atoms with Gasteiger partial charge in [-0.05, 0) is 12.1 Å². The van der Waals surface area contributed by atoms with Crippen molar-refractivity contribution in [3.05, 3.63) is 30.3 Å². The number of benzene rings is 1. The molecule has 0 N–H and O–H groups in total. The van der Waals surface area contributed by atoms with Crippen molar-refractivity contribution < 1.29 is 13.6 Å². The lowest BCUT2D eigenvalue weighted by Gasteiger charge is -2.39. The number of hydrogen-bond acceptors (Lipinski definition) is 3. The highest BCUT2D eigenvalue weighted by molar-refractivity contribution is 7.59. The molecule has 4 nitrogen and oxygen atoms in total. The van der Waals surface area contributed by atoms with E-state index in [2.05, 4.69) is 19.6 Å². The highest BCUT2D eigenvalue weighted by Gasteiger charge is 2.40. The number of hydrogen-bond donors (Lipinski definition) is 0. The van der Waals surface area contributed by atoms with Crippen molar-refractivity contribution in [1.29, 1.82) is 0 Å². The molecule has 0 aliphatic heterocycles. The molecule has 96 valence electrons. The van der Waals surface area contributed by atoms with Crippen LogP contribution in [0, 0.1) is 0 Å². The minimum atomic E-state index is -3.24. The van der Waals surface area contributed by atoms with Gasteiger partial charge in [-0.15, -0.1) is 0 Å². The molecule has 0 unspecified atom stereocenters. The first-order valence-electron chi connectivity index (χ1n) is 5.42. The molecule has 0 fully saturated rings. The second kappa shape index (κ2) is 5.36. The van der Waals surface area contributed by atoms with Crippen molar-refractivity contribution in [1.82, 2.24) is 0 Å². The molecule has 0 amide bonds. The molecule has 1 rings (SSSR count). The van der Waals surface area contributed by atoms with Gasteiger partial charge in [0, 0.05) is 19.9 Å². The average Bonchev–Trinajstić information content (AvgIpc) is 2.28. The van der Waals surface area contributed by atoms with E-state index in [0.29, 0.717) is 0 Å². The van der Waals surface area contributed by atoms with Crippen LogP contribution in [0.2, 0.25) is 19.6 Å². The molecule has 17 heavy (non-hydrogen) atoms. The Morgan fingerprint density at radius 1 is 1.06 bits per heavy atom. The first-order valence-corrected chi connectivity index (χ1v) is 10.4. The maximum Gasteiger partial charge on any atom is 0.426 e. The number of nitrogens with zero attached hydrogens (tertiary/aromatic N) is 1. The maximum atomic E-state index is 12.6. The number of anilines is 1. The first kappa shape index (κ1) is 14.4. The van der Waals surface area contributed by atoms with Gasteiger partial charge in [0.05, 0.1) is 0 Å². The smallest absolute Gasteiger partial charge is 0.309 e. The largest absolute Gasteiger partial charge is 0.426 e. The predicted octanol–water partition coefficient (Wildman–Crippen LogP) is 3.73. The van der Waals surface area contributed by atoms with Crippen LogP contribution in [-0.4, -0.2) is 22.5 Å². The fourth-order valence-electron chi connectivity index (χ4n) is 1.70. The van der Waals surface area contributed by atoms with Crippen molar-refractivity contribution >= 4 is 21.7 Å². The van der Waals surface area contributed by atoms with Crippen molar-refractivity contribution in [2.24, 2.45) is 0 Å². The van der Waals surface area contributed by atoms with Gasteiger partial charge in [0.15, 0.2) is 8.24 Å². The van der Waals surface area contributed by atoms with E-state index < -0.39 is 16.0 Å². The zero-order valence-corrected chi connectivity index (χ0v) is 12.9. The standard InChI is InChI=1S/C11H20NO3PSi/c1-14-16(13,15-2)12(17(3,4)5)11-9-7-6-8-10-11/h6-10H,1-5H3. The molecular formula is C11H20NO3PSi. The molecule has 0 saturated carbocycles. The molecule has 0 bridgehead atoms. The van der Waals surface area contributed by atoms with Crippen LogP contribution in [0.4, 0.5) is 5.69 Å². The summed E-state index contributed by atoms with van der Waals surface area (Å²) in [4.78, 5) is 0. The molecule has 0 radical (unpaired) electrons. The minimum absolute atomic E-state index is 0.874. The quantitative estimate of drug-likeness (QED) is 0.605. The number of rotatable bonds is 5. The lowest BCUT2D eigenvalue weighted by Crippen LogP contribution is -2.44. The molecular weight excluding hydrogens is 253 g/mol. The van der Waals surface area contributed by atoms with Gasteiger partial charge in [-0.2, -0.15) is 0 Å². The zero-order chi connectivity index (χ0) is 13.1. The summed E-state index contributed by atoms with van der Waals surface area (Å²) in [5.74, 6) is 0. The Morgan fingerprint density at radius 3 is 1.88 bits per heavy atom. The van der Waals surface area contributed by atoms with Crippen LogP contribution in [0.1, 0.15) is 0 Å². The third kappa shape index (κ3) is 3.19. The topological polar surface area (TPSA) is 38.8 Å². The fraction of sp³-hybridized carbons (Fsp3) is 0.455. The summed E-state index contributed by atoms with van der Waals surface area (Å²) in [7, 11) is -2.29. The van der Waals surface area contributed by atoms with Crippen molar-refractivity contribution in [2.45, 2.75) is 19.6 Å². The summed E-state index contributed by atoms with van der Waals surface area (Å²) >= 11 is 0. The van der Waals surface area contributed by atoms with E-state index in [9.17, 15) is 4.57 Å². The Labute approximate surface area is 104 Å². The molecule has 1 aromatic rings. The summed E-state index contributed by atoms with van der Waals surface area (Å²) in [6.45, 7) is 6.31. The van der Waals surface area contributed by atoms with E-state index in [0.717, 1.165) is 5.69 Å². The van der Waals surface area contributed by atoms with Crippen LogP contribution in [0.25, 0.3) is 0 Å². The lowest BCUT2D eigenvalue weighted by molar-refractivity contribution is 0.277. The monoisotopic (exact) mass is 273 g/mol. The molecule has 0 atom stereocenters. The minimum Gasteiger partial charge on any atom is -0.309 e. The Bertz CT molecular complexity index is 397. The molecule has 0 aliphatic rings. The lowest BCUT2D eigenvalue weighted by atomic mass is 10.3. The second-order valence-corrected chi connectivity index (χ2v) is 11.9. The maximum absolute atomic E-state index is 12.6. The van der Waals surface area contributed by atoms with E-state index in [4.69, 9.17) is 9.05 Å². The molecule has 6 heteroatoms. The Morgan fingerprint density at radius 2 is 1.53 bits per heavy atom. The van der Waals surface area contributed by atoms with Crippen LogP contribution in [0.5, 0.6) is 0 Å². The molecule has 0 spiro atoms. The number of para-hydroxylation sites is 1. The molecule has 1 aromatic carbocycles. The van der Waals surface area contributed by atoms with Gasteiger partial charge in [0.1, 0.15) is 0 Å². The van der Waals surface area contributed by atoms with Gasteiger partial charge in [0.25, 0.3) is 0 Å². The summed E-state index contributed by atoms with van der Waals surface area (Å²) in [6.07, 6.45) is 0. The van der Waals surface area contributed by atoms with E-state index in [-0.39, 0.29) is 0 Å². The summed E-state index contributed by atoms with van der Waals surface area (Å²) < 4.78 is 24.7. The third-order valence-corrected chi connectivity index (χ3v) is 8.05. The Hall–Kier alpha value is -0.613. The Balaban J connectivity index is 3.28. The van der Waals surface area contributed by atoms with Crippen molar-refractivity contribution in [2.75, 3.05) is 18.6 Å². The van der Waals surface area contributed by atoms with Gasteiger partial charge in [0.2, 0.25) is 0 Å². The highest BCUT2D eigenvalue weighted by Crippen LogP contribution is 2.55. The van der Waals surface area contributed by atoms with Gasteiger partial charge < -0.3 is 4.34 Å². The van der Waals surface area contributed by atoms with Crippen LogP contribution in [0.15, 0.2) is 30.3 Å². The highest BCUT2D eigenvalue weighted by atomic mass is 31.2. The summed E-state index contributed by atoms with van der Waals surface area (Å²) in [5.41, 5.74) is 0.874. The predicted molar refractivity (Wildman–Crippen MR) is 73.9 cm³/mol. The van der Waals surface area contributed by atoms with Gasteiger partial charge in [-0.25, -0.2) is 4.57 Å². The van der Waals surface area contributed by atoms with E-state index in [1.165, 1.54) is 14.2 Å². The SMILES string of the molecule is COP(=O)(OC)N(c1ccccc1)[Si](C)(C)C. The fourth-order valence-corrected chi connectivity index (χ4v) is 6.95. The van der Waals surface area contributed by atoms with E-state index >= 15 is 0 Å². The zero-order valence-electron chi connectivity index (χ0n) is 11.0. The molecule has 0 aliphatic carbocycles. The van der Waals surface area contributed by atoms with Crippen LogP contribution < -0.4 is 4.34 Å². The summed E-state index contributed by atoms with van der Waals surface area (Å²) in [6, 6.07) is 9.60. The first-order chi connectivity index (χ1) is 7.85. The van der Waals surface area contributed by atoms with E-state index in [1.807, 2.05) is 34.7 Å². The second-order valence-electron chi connectivity index (χ2n) is 4.65. The van der Waals surface area contributed by atoms with Crippen LogP contribution in [-0.2, 0) is 13.6 Å². The molecule has 0 heterocycles. The van der Waals surface area contributed by atoms with Gasteiger partial charge >= 0.3 is 7.75 Å². The van der Waals surface area contributed by atoms with Crippen molar-refractivity contribution in [3.8, 4) is 0 Å².